The van der Waals surface area contributed by atoms with Crippen molar-refractivity contribution in [1.29, 1.82) is 0 Å². The average molecular weight is 472 g/mol. The molecule has 0 radical (unpaired) electrons. The molecule has 0 saturated carbocycles. The third kappa shape index (κ3) is 6.41. The lowest BCUT2D eigenvalue weighted by atomic mass is 10.0. The summed E-state index contributed by atoms with van der Waals surface area (Å²) in [5.74, 6) is -0.872. The van der Waals surface area contributed by atoms with E-state index in [1.54, 1.807) is 13.8 Å². The Morgan fingerprint density at radius 2 is 1.65 bits per heavy atom. The van der Waals surface area contributed by atoms with E-state index in [0.717, 1.165) is 0 Å². The standard InChI is InChI=1S/C25H26F2N2O5/c1-15(29-14-21-23(30)22(32-3)12-13-28-21)25(31)33-16(2)24(17-4-6-18(26)7-5-17)34-20-10-8-19(27)9-11-20/h4-13,15-16,24,29-30H,14H2,1-3H3/t15-,16-,24?/m0/s1. The maximum atomic E-state index is 13.4. The summed E-state index contributed by atoms with van der Waals surface area (Å²) in [6, 6.07) is 11.8. The molecule has 0 spiro atoms. The van der Waals surface area contributed by atoms with Gasteiger partial charge in [-0.3, -0.25) is 15.1 Å². The fourth-order valence-corrected chi connectivity index (χ4v) is 3.20. The summed E-state index contributed by atoms with van der Waals surface area (Å²) in [6.07, 6.45) is -0.0531. The minimum absolute atomic E-state index is 0.0984. The van der Waals surface area contributed by atoms with Crippen molar-refractivity contribution in [3.8, 4) is 17.2 Å². The van der Waals surface area contributed by atoms with E-state index in [0.29, 0.717) is 17.0 Å². The number of halogens is 2. The predicted molar refractivity (Wildman–Crippen MR) is 120 cm³/mol. The van der Waals surface area contributed by atoms with Crippen LogP contribution in [0.5, 0.6) is 17.2 Å². The monoisotopic (exact) mass is 472 g/mol. The predicted octanol–water partition coefficient (Wildman–Crippen LogP) is 4.30. The van der Waals surface area contributed by atoms with Gasteiger partial charge in [-0.1, -0.05) is 12.1 Å². The lowest BCUT2D eigenvalue weighted by Crippen LogP contribution is -2.38. The van der Waals surface area contributed by atoms with E-state index in [1.807, 2.05) is 0 Å². The van der Waals surface area contributed by atoms with Gasteiger partial charge >= 0.3 is 5.97 Å². The van der Waals surface area contributed by atoms with E-state index >= 15 is 0 Å². The Morgan fingerprint density at radius 1 is 1.03 bits per heavy atom. The second kappa shape index (κ2) is 11.4. The number of rotatable bonds is 10. The molecule has 9 heteroatoms. The second-order valence-corrected chi connectivity index (χ2v) is 7.60. The number of ether oxygens (including phenoxy) is 3. The molecule has 0 aliphatic heterocycles. The van der Waals surface area contributed by atoms with Gasteiger partial charge in [-0.05, 0) is 55.8 Å². The number of pyridine rings is 1. The number of nitrogens with zero attached hydrogens (tertiary/aromatic N) is 1. The van der Waals surface area contributed by atoms with Crippen LogP contribution in [-0.2, 0) is 16.1 Å². The molecule has 3 rings (SSSR count). The van der Waals surface area contributed by atoms with Crippen LogP contribution < -0.4 is 14.8 Å². The highest BCUT2D eigenvalue weighted by Gasteiger charge is 2.27. The molecule has 0 aliphatic rings. The molecule has 1 unspecified atom stereocenters. The van der Waals surface area contributed by atoms with Crippen LogP contribution in [0.25, 0.3) is 0 Å². The quantitative estimate of drug-likeness (QED) is 0.425. The maximum absolute atomic E-state index is 13.4. The van der Waals surface area contributed by atoms with Crippen LogP contribution in [0.3, 0.4) is 0 Å². The van der Waals surface area contributed by atoms with Crippen molar-refractivity contribution < 1.29 is 32.9 Å². The number of aromatic nitrogens is 1. The number of hydrogen-bond acceptors (Lipinski definition) is 7. The summed E-state index contributed by atoms with van der Waals surface area (Å²) >= 11 is 0. The Labute approximate surface area is 196 Å². The van der Waals surface area contributed by atoms with Crippen molar-refractivity contribution >= 4 is 5.97 Å². The first-order valence-corrected chi connectivity index (χ1v) is 10.6. The van der Waals surface area contributed by atoms with Gasteiger partial charge in [0.25, 0.3) is 0 Å². The number of carbonyl (C=O) groups is 1. The van der Waals surface area contributed by atoms with Gasteiger partial charge in [0, 0.05) is 18.8 Å². The van der Waals surface area contributed by atoms with E-state index in [1.165, 1.54) is 67.9 Å². The Balaban J connectivity index is 1.68. The van der Waals surface area contributed by atoms with E-state index in [2.05, 4.69) is 10.3 Å². The highest BCUT2D eigenvalue weighted by molar-refractivity contribution is 5.75. The fourth-order valence-electron chi connectivity index (χ4n) is 3.20. The highest BCUT2D eigenvalue weighted by atomic mass is 19.1. The van der Waals surface area contributed by atoms with Crippen molar-refractivity contribution in [2.45, 2.75) is 38.6 Å². The average Bonchev–Trinajstić information content (AvgIpc) is 2.83. The normalized spacial score (nSPS) is 13.6. The number of hydrogen-bond donors (Lipinski definition) is 2. The Hall–Kier alpha value is -3.72. The van der Waals surface area contributed by atoms with Crippen LogP contribution in [-0.4, -0.2) is 35.3 Å². The molecule has 1 heterocycles. The van der Waals surface area contributed by atoms with E-state index in [4.69, 9.17) is 14.2 Å². The number of methoxy groups -OCH3 is 1. The molecule has 2 aromatic carbocycles. The molecule has 3 aromatic rings. The van der Waals surface area contributed by atoms with Crippen LogP contribution in [0.1, 0.15) is 31.2 Å². The fraction of sp³-hybridized carbons (Fsp3) is 0.280. The first-order chi connectivity index (χ1) is 16.3. The van der Waals surface area contributed by atoms with Crippen molar-refractivity contribution in [2.24, 2.45) is 0 Å². The molecule has 7 nitrogen and oxygen atoms in total. The SMILES string of the molecule is COc1ccnc(CN[C@@H](C)C(=O)O[C@@H](C)C(Oc2ccc(F)cc2)c2ccc(F)cc2)c1O. The number of carbonyl (C=O) groups excluding carboxylic acids is 1. The zero-order chi connectivity index (χ0) is 24.7. The highest BCUT2D eigenvalue weighted by Crippen LogP contribution is 2.28. The largest absolute Gasteiger partial charge is 0.503 e. The summed E-state index contributed by atoms with van der Waals surface area (Å²) in [7, 11) is 1.43. The topological polar surface area (TPSA) is 89.9 Å². The number of nitrogens with one attached hydrogen (secondary N) is 1. The van der Waals surface area contributed by atoms with Gasteiger partial charge in [-0.25, -0.2) is 8.78 Å². The number of esters is 1. The van der Waals surface area contributed by atoms with Gasteiger partial charge in [0.15, 0.2) is 17.6 Å². The molecule has 2 N–H and O–H groups in total. The minimum atomic E-state index is -0.772. The van der Waals surface area contributed by atoms with Crippen LogP contribution >= 0.6 is 0 Å². The summed E-state index contributed by atoms with van der Waals surface area (Å²) < 4.78 is 43.3. The third-order valence-electron chi connectivity index (χ3n) is 5.12. The third-order valence-corrected chi connectivity index (χ3v) is 5.12. The van der Waals surface area contributed by atoms with Gasteiger partial charge in [0.1, 0.15) is 29.5 Å². The van der Waals surface area contributed by atoms with Crippen molar-refractivity contribution in [2.75, 3.05) is 7.11 Å². The molecule has 0 fully saturated rings. The molecule has 0 aliphatic carbocycles. The minimum Gasteiger partial charge on any atom is -0.503 e. The lowest BCUT2D eigenvalue weighted by molar-refractivity contribution is -0.155. The van der Waals surface area contributed by atoms with E-state index in [-0.39, 0.29) is 18.0 Å². The van der Waals surface area contributed by atoms with Gasteiger partial charge in [0.05, 0.1) is 12.8 Å². The molecule has 3 atom stereocenters. The van der Waals surface area contributed by atoms with Crippen LogP contribution in [0.2, 0.25) is 0 Å². The van der Waals surface area contributed by atoms with E-state index in [9.17, 15) is 18.7 Å². The smallest absolute Gasteiger partial charge is 0.323 e. The molecule has 0 saturated heterocycles. The first-order valence-electron chi connectivity index (χ1n) is 10.6. The Morgan fingerprint density at radius 3 is 2.26 bits per heavy atom. The zero-order valence-corrected chi connectivity index (χ0v) is 19.0. The van der Waals surface area contributed by atoms with E-state index < -0.39 is 35.9 Å². The van der Waals surface area contributed by atoms with Crippen molar-refractivity contribution in [1.82, 2.24) is 10.3 Å². The summed E-state index contributed by atoms with van der Waals surface area (Å²) in [6.45, 7) is 3.36. The van der Waals surface area contributed by atoms with Crippen molar-refractivity contribution in [3.63, 3.8) is 0 Å². The molecule has 1 aromatic heterocycles. The summed E-state index contributed by atoms with van der Waals surface area (Å²) in [5.41, 5.74) is 0.896. The molecule has 180 valence electrons. The van der Waals surface area contributed by atoms with Gasteiger partial charge in [-0.15, -0.1) is 0 Å². The van der Waals surface area contributed by atoms with Crippen LogP contribution in [0, 0.1) is 11.6 Å². The van der Waals surface area contributed by atoms with Gasteiger partial charge in [-0.2, -0.15) is 0 Å². The molecule has 34 heavy (non-hydrogen) atoms. The number of aromatic hydroxyl groups is 1. The molecular formula is C25H26F2N2O5. The number of benzene rings is 2. The molecule has 0 amide bonds. The molecule has 0 bridgehead atoms. The summed E-state index contributed by atoms with van der Waals surface area (Å²) in [5, 5.41) is 13.1. The lowest BCUT2D eigenvalue weighted by Gasteiger charge is -2.27. The Kier molecular flexibility index (Phi) is 8.37. The van der Waals surface area contributed by atoms with Gasteiger partial charge < -0.3 is 19.3 Å². The maximum Gasteiger partial charge on any atom is 0.323 e. The molecular weight excluding hydrogens is 446 g/mol. The van der Waals surface area contributed by atoms with Gasteiger partial charge in [0.2, 0.25) is 0 Å². The van der Waals surface area contributed by atoms with Crippen molar-refractivity contribution in [3.05, 3.63) is 83.7 Å². The zero-order valence-electron chi connectivity index (χ0n) is 19.0. The summed E-state index contributed by atoms with van der Waals surface area (Å²) in [4.78, 5) is 16.8. The van der Waals surface area contributed by atoms with Crippen LogP contribution in [0.15, 0.2) is 60.8 Å². The van der Waals surface area contributed by atoms with Crippen LogP contribution in [0.4, 0.5) is 8.78 Å². The second-order valence-electron chi connectivity index (χ2n) is 7.60. The Bertz CT molecular complexity index is 1090. The first kappa shape index (κ1) is 24.9.